The molecule has 0 bridgehead atoms. The van der Waals surface area contributed by atoms with Gasteiger partial charge >= 0.3 is 0 Å². The van der Waals surface area contributed by atoms with Crippen molar-refractivity contribution in [2.24, 2.45) is 0 Å². The summed E-state index contributed by atoms with van der Waals surface area (Å²) in [6, 6.07) is 6.84. The van der Waals surface area contributed by atoms with E-state index < -0.39 is 0 Å². The predicted octanol–water partition coefficient (Wildman–Crippen LogP) is 2.70. The second kappa shape index (κ2) is 9.13. The number of hydrogen-bond acceptors (Lipinski definition) is 4. The third-order valence-corrected chi connectivity index (χ3v) is 3.47. The van der Waals surface area contributed by atoms with E-state index in [-0.39, 0.29) is 12.4 Å². The van der Waals surface area contributed by atoms with Crippen molar-refractivity contribution in [3.63, 3.8) is 0 Å². The predicted molar refractivity (Wildman–Crippen MR) is 88.8 cm³/mol. The summed E-state index contributed by atoms with van der Waals surface area (Å²) in [5.41, 5.74) is 1.28. The van der Waals surface area contributed by atoms with Gasteiger partial charge in [0.2, 0.25) is 0 Å². The second-order valence-electron chi connectivity index (χ2n) is 5.24. The van der Waals surface area contributed by atoms with Gasteiger partial charge in [0.15, 0.2) is 11.5 Å². The number of nitrogens with zero attached hydrogens (tertiary/aromatic N) is 1. The smallest absolute Gasteiger partial charge is 0.161 e. The van der Waals surface area contributed by atoms with Crippen molar-refractivity contribution in [2.45, 2.75) is 33.4 Å². The van der Waals surface area contributed by atoms with Gasteiger partial charge in [-0.1, -0.05) is 6.07 Å². The van der Waals surface area contributed by atoms with Crippen molar-refractivity contribution in [1.82, 2.24) is 10.2 Å². The Morgan fingerprint density at radius 1 is 1.19 bits per heavy atom. The van der Waals surface area contributed by atoms with E-state index in [1.165, 1.54) is 5.56 Å². The summed E-state index contributed by atoms with van der Waals surface area (Å²) in [4.78, 5) is 2.48. The highest BCUT2D eigenvalue weighted by atomic mass is 35.5. The van der Waals surface area contributed by atoms with Crippen molar-refractivity contribution in [2.75, 3.05) is 32.8 Å². The largest absolute Gasteiger partial charge is 0.490 e. The molecule has 1 heterocycles. The number of halogens is 1. The average molecular weight is 315 g/mol. The first-order valence-corrected chi connectivity index (χ1v) is 7.57. The maximum absolute atomic E-state index is 5.68. The van der Waals surface area contributed by atoms with Gasteiger partial charge in [0, 0.05) is 32.2 Å². The molecule has 21 heavy (non-hydrogen) atoms. The number of piperazine rings is 1. The number of benzene rings is 1. The number of rotatable bonds is 6. The summed E-state index contributed by atoms with van der Waals surface area (Å²) < 4.78 is 11.3. The fourth-order valence-corrected chi connectivity index (χ4v) is 2.61. The third-order valence-electron chi connectivity index (χ3n) is 3.47. The first-order valence-electron chi connectivity index (χ1n) is 7.57. The van der Waals surface area contributed by atoms with Crippen molar-refractivity contribution < 1.29 is 9.47 Å². The molecule has 2 rings (SSSR count). The Balaban J connectivity index is 0.00000220. The van der Waals surface area contributed by atoms with Crippen LogP contribution in [0.25, 0.3) is 0 Å². The first kappa shape index (κ1) is 18.1. The second-order valence-corrected chi connectivity index (χ2v) is 5.24. The molecule has 1 atom stereocenters. The molecule has 1 aromatic rings. The summed E-state index contributed by atoms with van der Waals surface area (Å²) in [6.07, 6.45) is 0. The fraction of sp³-hybridized carbons (Fsp3) is 0.625. The lowest BCUT2D eigenvalue weighted by atomic mass is 10.1. The zero-order chi connectivity index (χ0) is 14.4. The van der Waals surface area contributed by atoms with Crippen molar-refractivity contribution in [3.05, 3.63) is 23.8 Å². The van der Waals surface area contributed by atoms with Crippen LogP contribution in [-0.2, 0) is 6.54 Å². The lowest BCUT2D eigenvalue weighted by Crippen LogP contribution is -2.48. The monoisotopic (exact) mass is 314 g/mol. The molecule has 0 unspecified atom stereocenters. The van der Waals surface area contributed by atoms with E-state index >= 15 is 0 Å². The summed E-state index contributed by atoms with van der Waals surface area (Å²) in [5, 5.41) is 3.47. The van der Waals surface area contributed by atoms with Crippen LogP contribution in [0, 0.1) is 0 Å². The molecule has 0 saturated carbocycles. The highest BCUT2D eigenvalue weighted by Crippen LogP contribution is 2.29. The summed E-state index contributed by atoms with van der Waals surface area (Å²) in [7, 11) is 0. The van der Waals surface area contributed by atoms with E-state index in [2.05, 4.69) is 29.3 Å². The van der Waals surface area contributed by atoms with E-state index in [0.717, 1.165) is 37.7 Å². The molecule has 0 aromatic heterocycles. The van der Waals surface area contributed by atoms with Crippen molar-refractivity contribution in [1.29, 1.82) is 0 Å². The molecule has 1 aromatic carbocycles. The number of nitrogens with one attached hydrogen (secondary N) is 1. The lowest BCUT2D eigenvalue weighted by molar-refractivity contribution is 0.199. The topological polar surface area (TPSA) is 33.7 Å². The minimum atomic E-state index is 0. The van der Waals surface area contributed by atoms with Crippen LogP contribution in [-0.4, -0.2) is 43.8 Å². The standard InChI is InChI=1S/C16H26N2O2.ClH/c1-4-19-15-7-6-14(10-16(15)20-5-2)12-18-9-8-17-13(3)11-18;/h6-7,10,13,17H,4-5,8-9,11-12H2,1-3H3;1H/t13-;/m1./s1. The highest BCUT2D eigenvalue weighted by Gasteiger charge is 2.16. The van der Waals surface area contributed by atoms with Crippen LogP contribution in [0.3, 0.4) is 0 Å². The molecule has 0 aliphatic carbocycles. The zero-order valence-electron chi connectivity index (χ0n) is 13.2. The Labute approximate surface area is 134 Å². The minimum absolute atomic E-state index is 0. The van der Waals surface area contributed by atoms with Crippen LogP contribution in [0.15, 0.2) is 18.2 Å². The Morgan fingerprint density at radius 2 is 1.90 bits per heavy atom. The molecule has 1 aliphatic rings. The SMILES string of the molecule is CCOc1ccc(CN2CCN[C@H](C)C2)cc1OCC.Cl. The van der Waals surface area contributed by atoms with Crippen molar-refractivity contribution in [3.8, 4) is 11.5 Å². The fourth-order valence-electron chi connectivity index (χ4n) is 2.61. The van der Waals surface area contributed by atoms with Gasteiger partial charge < -0.3 is 14.8 Å². The maximum atomic E-state index is 5.68. The van der Waals surface area contributed by atoms with Gasteiger partial charge in [-0.25, -0.2) is 0 Å². The molecule has 0 radical (unpaired) electrons. The van der Waals surface area contributed by atoms with Crippen LogP contribution < -0.4 is 14.8 Å². The van der Waals surface area contributed by atoms with Gasteiger partial charge in [0.05, 0.1) is 13.2 Å². The van der Waals surface area contributed by atoms with Gasteiger partial charge in [0.1, 0.15) is 0 Å². The van der Waals surface area contributed by atoms with E-state index in [4.69, 9.17) is 9.47 Å². The molecule has 5 heteroatoms. The summed E-state index contributed by atoms with van der Waals surface area (Å²) >= 11 is 0. The molecule has 1 fully saturated rings. The molecule has 1 aliphatic heterocycles. The Morgan fingerprint density at radius 3 is 2.57 bits per heavy atom. The molecule has 120 valence electrons. The molecule has 0 spiro atoms. The molecule has 1 saturated heterocycles. The van der Waals surface area contributed by atoms with E-state index in [0.29, 0.717) is 19.3 Å². The van der Waals surface area contributed by atoms with Gasteiger partial charge in [-0.3, -0.25) is 4.90 Å². The van der Waals surface area contributed by atoms with Gasteiger partial charge in [-0.15, -0.1) is 12.4 Å². The minimum Gasteiger partial charge on any atom is -0.490 e. The maximum Gasteiger partial charge on any atom is 0.161 e. The van der Waals surface area contributed by atoms with E-state index in [1.54, 1.807) is 0 Å². The lowest BCUT2D eigenvalue weighted by Gasteiger charge is -2.31. The Kier molecular flexibility index (Phi) is 7.86. The average Bonchev–Trinajstić information content (AvgIpc) is 2.42. The van der Waals surface area contributed by atoms with Gasteiger partial charge in [0.25, 0.3) is 0 Å². The van der Waals surface area contributed by atoms with Gasteiger partial charge in [-0.05, 0) is 38.5 Å². The number of hydrogen-bond donors (Lipinski definition) is 1. The van der Waals surface area contributed by atoms with Crippen LogP contribution in [0.4, 0.5) is 0 Å². The molecular formula is C16H27ClN2O2. The normalized spacial score (nSPS) is 18.9. The molecule has 1 N–H and O–H groups in total. The van der Waals surface area contributed by atoms with Crippen LogP contribution in [0.5, 0.6) is 11.5 Å². The van der Waals surface area contributed by atoms with Crippen LogP contribution >= 0.6 is 12.4 Å². The van der Waals surface area contributed by atoms with Crippen molar-refractivity contribution >= 4 is 12.4 Å². The summed E-state index contributed by atoms with van der Waals surface area (Å²) in [6.45, 7) is 11.8. The van der Waals surface area contributed by atoms with Crippen LogP contribution in [0.1, 0.15) is 26.3 Å². The van der Waals surface area contributed by atoms with E-state index in [1.807, 2.05) is 19.9 Å². The highest BCUT2D eigenvalue weighted by molar-refractivity contribution is 5.85. The zero-order valence-corrected chi connectivity index (χ0v) is 14.0. The quantitative estimate of drug-likeness (QED) is 0.875. The molecule has 0 amide bonds. The summed E-state index contributed by atoms with van der Waals surface area (Å²) in [5.74, 6) is 1.70. The number of ether oxygens (including phenoxy) is 2. The Bertz CT molecular complexity index is 429. The molecular weight excluding hydrogens is 288 g/mol. The third kappa shape index (κ3) is 5.38. The van der Waals surface area contributed by atoms with Gasteiger partial charge in [-0.2, -0.15) is 0 Å². The molecule has 4 nitrogen and oxygen atoms in total. The Hall–Kier alpha value is -0.970. The van der Waals surface area contributed by atoms with E-state index in [9.17, 15) is 0 Å². The van der Waals surface area contributed by atoms with Crippen LogP contribution in [0.2, 0.25) is 0 Å². The first-order chi connectivity index (χ1) is 9.72.